The summed E-state index contributed by atoms with van der Waals surface area (Å²) in [6.07, 6.45) is 3.07. The number of aliphatic hydroxyl groups is 1. The maximum Gasteiger partial charge on any atom is 0.300 e. The van der Waals surface area contributed by atoms with Crippen LogP contribution in [0, 0.1) is 11.6 Å². The number of hydrogen-bond donors (Lipinski definition) is 1. The summed E-state index contributed by atoms with van der Waals surface area (Å²) in [7, 11) is 0. The second-order valence-corrected chi connectivity index (χ2v) is 8.28. The Labute approximate surface area is 202 Å². The monoisotopic (exact) mass is 477 g/mol. The van der Waals surface area contributed by atoms with Crippen LogP contribution < -0.4 is 9.64 Å². The summed E-state index contributed by atoms with van der Waals surface area (Å²) in [6.45, 7) is 2.68. The van der Waals surface area contributed by atoms with E-state index < -0.39 is 29.4 Å². The van der Waals surface area contributed by atoms with Crippen molar-refractivity contribution >= 4 is 23.1 Å². The van der Waals surface area contributed by atoms with Gasteiger partial charge < -0.3 is 9.84 Å². The number of rotatable bonds is 8. The van der Waals surface area contributed by atoms with Crippen molar-refractivity contribution in [2.75, 3.05) is 11.5 Å². The van der Waals surface area contributed by atoms with Gasteiger partial charge in [0, 0.05) is 11.3 Å². The van der Waals surface area contributed by atoms with Gasteiger partial charge in [-0.15, -0.1) is 0 Å². The molecule has 3 aromatic carbocycles. The van der Waals surface area contributed by atoms with E-state index in [4.69, 9.17) is 4.74 Å². The average molecular weight is 478 g/mol. The molecule has 0 spiro atoms. The molecule has 1 fully saturated rings. The van der Waals surface area contributed by atoms with Gasteiger partial charge in [0.2, 0.25) is 0 Å². The third kappa shape index (κ3) is 5.09. The molecule has 35 heavy (non-hydrogen) atoms. The van der Waals surface area contributed by atoms with Crippen molar-refractivity contribution in [3.05, 3.63) is 101 Å². The van der Waals surface area contributed by atoms with Crippen LogP contribution in [-0.4, -0.2) is 23.4 Å². The smallest absolute Gasteiger partial charge is 0.300 e. The predicted molar refractivity (Wildman–Crippen MR) is 129 cm³/mol. The van der Waals surface area contributed by atoms with Crippen LogP contribution in [0.3, 0.4) is 0 Å². The Hall–Kier alpha value is -4.00. The molecule has 1 atom stereocenters. The second-order valence-electron chi connectivity index (χ2n) is 8.28. The molecule has 1 unspecified atom stereocenters. The lowest BCUT2D eigenvalue weighted by Gasteiger charge is -2.25. The van der Waals surface area contributed by atoms with Gasteiger partial charge in [-0.1, -0.05) is 38.0 Å². The topological polar surface area (TPSA) is 66.8 Å². The third-order valence-corrected chi connectivity index (χ3v) is 5.86. The van der Waals surface area contributed by atoms with E-state index in [9.17, 15) is 23.5 Å². The van der Waals surface area contributed by atoms with Crippen molar-refractivity contribution in [2.24, 2.45) is 0 Å². The zero-order valence-electron chi connectivity index (χ0n) is 19.2. The van der Waals surface area contributed by atoms with Crippen LogP contribution in [-0.2, 0) is 9.59 Å². The Bertz CT molecular complexity index is 1250. The summed E-state index contributed by atoms with van der Waals surface area (Å²) >= 11 is 0. The van der Waals surface area contributed by atoms with Gasteiger partial charge in [-0.25, -0.2) is 8.78 Å². The first-order chi connectivity index (χ1) is 16.9. The second kappa shape index (κ2) is 10.5. The van der Waals surface area contributed by atoms with Crippen molar-refractivity contribution in [1.29, 1.82) is 0 Å². The van der Waals surface area contributed by atoms with E-state index in [-0.39, 0.29) is 17.0 Å². The van der Waals surface area contributed by atoms with Crippen molar-refractivity contribution < 1.29 is 28.2 Å². The molecule has 1 N–H and O–H groups in total. The zero-order chi connectivity index (χ0) is 24.9. The van der Waals surface area contributed by atoms with Gasteiger partial charge in [0.25, 0.3) is 11.7 Å². The normalized spacial score (nSPS) is 17.1. The highest BCUT2D eigenvalue weighted by Gasteiger charge is 2.47. The highest BCUT2D eigenvalue weighted by Crippen LogP contribution is 2.42. The largest absolute Gasteiger partial charge is 0.507 e. The van der Waals surface area contributed by atoms with E-state index in [1.165, 1.54) is 42.5 Å². The molecular weight excluding hydrogens is 452 g/mol. The zero-order valence-corrected chi connectivity index (χ0v) is 19.2. The molecule has 1 aliphatic rings. The first-order valence-corrected chi connectivity index (χ1v) is 11.5. The maximum absolute atomic E-state index is 14.0. The van der Waals surface area contributed by atoms with Crippen LogP contribution in [0.25, 0.3) is 5.76 Å². The van der Waals surface area contributed by atoms with Crippen LogP contribution in [0.1, 0.15) is 43.4 Å². The summed E-state index contributed by atoms with van der Waals surface area (Å²) in [5.41, 5.74) is 0.696. The molecule has 5 nitrogen and oxygen atoms in total. The van der Waals surface area contributed by atoms with Crippen LogP contribution in [0.5, 0.6) is 5.75 Å². The molecule has 3 aromatic rings. The molecule has 7 heteroatoms. The Morgan fingerprint density at radius 2 is 1.66 bits per heavy atom. The number of amides is 1. The van der Waals surface area contributed by atoms with Gasteiger partial charge in [0.1, 0.15) is 23.1 Å². The van der Waals surface area contributed by atoms with E-state index in [0.29, 0.717) is 23.5 Å². The van der Waals surface area contributed by atoms with Crippen molar-refractivity contribution in [3.8, 4) is 5.75 Å². The highest BCUT2D eigenvalue weighted by atomic mass is 19.1. The van der Waals surface area contributed by atoms with E-state index in [1.807, 2.05) is 0 Å². The molecule has 1 aliphatic heterocycles. The SMILES string of the molecule is CCCCCOc1ccc(/C(O)=C2\C(=O)C(=O)N(c3cccc(F)c3)C2c2ccc(F)cc2)cc1. The minimum atomic E-state index is -1.07. The number of halogens is 2. The van der Waals surface area contributed by atoms with Crippen LogP contribution >= 0.6 is 0 Å². The van der Waals surface area contributed by atoms with Crippen molar-refractivity contribution in [2.45, 2.75) is 32.2 Å². The quantitative estimate of drug-likeness (QED) is 0.183. The summed E-state index contributed by atoms with van der Waals surface area (Å²) < 4.78 is 33.3. The maximum atomic E-state index is 14.0. The molecule has 0 bridgehead atoms. The lowest BCUT2D eigenvalue weighted by atomic mass is 9.95. The molecular formula is C28H25F2NO4. The van der Waals surface area contributed by atoms with Gasteiger partial charge in [0.15, 0.2) is 0 Å². The van der Waals surface area contributed by atoms with Gasteiger partial charge >= 0.3 is 0 Å². The first-order valence-electron chi connectivity index (χ1n) is 11.5. The van der Waals surface area contributed by atoms with Crippen LogP contribution in [0.4, 0.5) is 14.5 Å². The Morgan fingerprint density at radius 1 is 0.943 bits per heavy atom. The first kappa shape index (κ1) is 24.1. The van der Waals surface area contributed by atoms with Gasteiger partial charge in [-0.3, -0.25) is 14.5 Å². The molecule has 0 aliphatic carbocycles. The van der Waals surface area contributed by atoms with E-state index in [2.05, 4.69) is 6.92 Å². The fraction of sp³-hybridized carbons (Fsp3) is 0.214. The van der Waals surface area contributed by atoms with E-state index in [1.54, 1.807) is 24.3 Å². The minimum Gasteiger partial charge on any atom is -0.507 e. The third-order valence-electron chi connectivity index (χ3n) is 5.86. The number of ketones is 1. The Balaban J connectivity index is 1.75. The summed E-state index contributed by atoms with van der Waals surface area (Å²) in [4.78, 5) is 27.3. The number of hydrogen-bond acceptors (Lipinski definition) is 4. The summed E-state index contributed by atoms with van der Waals surface area (Å²) in [6, 6.07) is 16.0. The number of unbranched alkanes of at least 4 members (excludes halogenated alkanes) is 2. The minimum absolute atomic E-state index is 0.149. The number of benzene rings is 3. The summed E-state index contributed by atoms with van der Waals surface area (Å²) in [5.74, 6) is -2.67. The van der Waals surface area contributed by atoms with Crippen LogP contribution in [0.2, 0.25) is 0 Å². The van der Waals surface area contributed by atoms with Gasteiger partial charge in [0.05, 0.1) is 18.2 Å². The molecule has 1 saturated heterocycles. The molecule has 0 saturated carbocycles. The number of carbonyl (C=O) groups is 2. The number of Topliss-reactive ketones (excluding diaryl/α,β-unsaturated/α-hetero) is 1. The molecule has 4 rings (SSSR count). The van der Waals surface area contributed by atoms with Gasteiger partial charge in [-0.2, -0.15) is 0 Å². The highest BCUT2D eigenvalue weighted by molar-refractivity contribution is 6.51. The fourth-order valence-electron chi connectivity index (χ4n) is 4.09. The molecule has 0 radical (unpaired) electrons. The molecule has 1 heterocycles. The van der Waals surface area contributed by atoms with Crippen molar-refractivity contribution in [3.63, 3.8) is 0 Å². The van der Waals surface area contributed by atoms with Crippen molar-refractivity contribution in [1.82, 2.24) is 0 Å². The molecule has 180 valence electrons. The standard InChI is InChI=1S/C28H25F2NO4/c1-2-3-4-16-35-23-14-10-19(11-15-23)26(32)24-25(18-8-12-20(29)13-9-18)31(28(34)27(24)33)22-7-5-6-21(30)17-22/h5-15,17,25,32H,2-4,16H2,1H3/b26-24+. The average Bonchev–Trinajstić information content (AvgIpc) is 3.12. The predicted octanol–water partition coefficient (Wildman–Crippen LogP) is 6.16. The summed E-state index contributed by atoms with van der Waals surface area (Å²) in [5, 5.41) is 11.1. The number of ether oxygens (including phenoxy) is 1. The fourth-order valence-corrected chi connectivity index (χ4v) is 4.09. The van der Waals surface area contributed by atoms with Gasteiger partial charge in [-0.05, 0) is 66.6 Å². The lowest BCUT2D eigenvalue weighted by Crippen LogP contribution is -2.29. The number of anilines is 1. The van der Waals surface area contributed by atoms with E-state index >= 15 is 0 Å². The van der Waals surface area contributed by atoms with Crippen LogP contribution in [0.15, 0.2) is 78.4 Å². The number of nitrogens with zero attached hydrogens (tertiary/aromatic N) is 1. The van der Waals surface area contributed by atoms with E-state index in [0.717, 1.165) is 30.2 Å². The molecule has 0 aromatic heterocycles. The molecule has 1 amide bonds. The Kier molecular flexibility index (Phi) is 7.25. The Morgan fingerprint density at radius 3 is 2.31 bits per heavy atom. The lowest BCUT2D eigenvalue weighted by molar-refractivity contribution is -0.132. The number of carbonyl (C=O) groups excluding carboxylic acids is 2. The number of aliphatic hydroxyl groups excluding tert-OH is 1.